The summed E-state index contributed by atoms with van der Waals surface area (Å²) in [7, 11) is -3.84. The molecule has 0 saturated carbocycles. The van der Waals surface area contributed by atoms with Crippen LogP contribution in [0.15, 0.2) is 101 Å². The maximum absolute atomic E-state index is 13.7. The number of sulfonamides is 1. The highest BCUT2D eigenvalue weighted by atomic mass is 32.2. The number of esters is 1. The number of amides is 1. The summed E-state index contributed by atoms with van der Waals surface area (Å²) >= 11 is 6.85. The Hall–Kier alpha value is -4.10. The van der Waals surface area contributed by atoms with E-state index in [9.17, 15) is 18.0 Å². The Morgan fingerprint density at radius 3 is 2.43 bits per heavy atom. The minimum absolute atomic E-state index is 0.136. The summed E-state index contributed by atoms with van der Waals surface area (Å²) in [6, 6.07) is 26.2. The number of thiocarbonyl (C=S) groups is 1. The maximum Gasteiger partial charge on any atom is 0.309 e. The van der Waals surface area contributed by atoms with Gasteiger partial charge in [-0.05, 0) is 62.1 Å². The number of carbonyl (C=O) groups is 2. The van der Waals surface area contributed by atoms with E-state index < -0.39 is 10.0 Å². The summed E-state index contributed by atoms with van der Waals surface area (Å²) in [5.41, 5.74) is 3.71. The average molecular weight is 687 g/mol. The largest absolute Gasteiger partial charge is 0.466 e. The number of para-hydroxylation sites is 1. The molecule has 1 aromatic heterocycles. The zero-order chi connectivity index (χ0) is 33.0. The molecule has 2 aliphatic heterocycles. The lowest BCUT2D eigenvalue weighted by atomic mass is 9.98. The van der Waals surface area contributed by atoms with Crippen molar-refractivity contribution in [2.24, 2.45) is 5.92 Å². The van der Waals surface area contributed by atoms with Crippen molar-refractivity contribution >= 4 is 56.3 Å². The number of benzene rings is 3. The molecule has 0 unspecified atom stereocenters. The predicted molar refractivity (Wildman–Crippen MR) is 187 cm³/mol. The second kappa shape index (κ2) is 14.3. The molecule has 47 heavy (non-hydrogen) atoms. The molecule has 2 saturated heterocycles. The second-order valence-corrected chi connectivity index (χ2v) is 14.9. The highest BCUT2D eigenvalue weighted by Gasteiger charge is 2.34. The molecule has 242 valence electrons. The molecule has 0 atom stereocenters. The first-order chi connectivity index (χ1) is 22.7. The smallest absolute Gasteiger partial charge is 0.309 e. The van der Waals surface area contributed by atoms with Crippen molar-refractivity contribution in [2.75, 3.05) is 26.2 Å². The summed E-state index contributed by atoms with van der Waals surface area (Å²) in [6.07, 6.45) is 5.12. The van der Waals surface area contributed by atoms with Crippen molar-refractivity contribution in [2.45, 2.75) is 31.1 Å². The maximum atomic E-state index is 13.7. The minimum atomic E-state index is -3.84. The van der Waals surface area contributed by atoms with Crippen LogP contribution in [-0.2, 0) is 30.8 Å². The van der Waals surface area contributed by atoms with Crippen molar-refractivity contribution in [1.29, 1.82) is 0 Å². The van der Waals surface area contributed by atoms with Gasteiger partial charge in [0.05, 0.1) is 28.0 Å². The Morgan fingerprint density at radius 1 is 1.02 bits per heavy atom. The molecule has 0 radical (unpaired) electrons. The highest BCUT2D eigenvalue weighted by molar-refractivity contribution is 8.26. The fraction of sp³-hybridized carbons (Fsp3) is 0.257. The van der Waals surface area contributed by atoms with Crippen LogP contribution >= 0.6 is 24.0 Å². The van der Waals surface area contributed by atoms with Crippen LogP contribution in [0.25, 0.3) is 23.0 Å². The van der Waals surface area contributed by atoms with Gasteiger partial charge in [0.25, 0.3) is 5.91 Å². The van der Waals surface area contributed by atoms with Crippen molar-refractivity contribution in [3.63, 3.8) is 0 Å². The summed E-state index contributed by atoms with van der Waals surface area (Å²) in [6.45, 7) is 3.00. The molecule has 4 aromatic rings. The van der Waals surface area contributed by atoms with Gasteiger partial charge in [0, 0.05) is 37.0 Å². The molecule has 9 nitrogen and oxygen atoms in total. The standard InChI is InChI=1S/C35H34N4O5S3/c1-2-44-34(41)26-17-19-37(20-18-26)47(42,43)30-15-9-12-27(22-30)32-28(24-39(36-32)29-13-7-4-8-14-29)23-31-33(40)38(35(45)46-31)21-16-25-10-5-3-6-11-25/h3-15,22-24,26H,2,16-21H2,1H3. The van der Waals surface area contributed by atoms with Gasteiger partial charge in [0.15, 0.2) is 0 Å². The fourth-order valence-corrected chi connectivity index (χ4v) is 8.51. The van der Waals surface area contributed by atoms with Crippen LogP contribution in [0.2, 0.25) is 0 Å². The Bertz CT molecular complexity index is 1920. The third-order valence-electron chi connectivity index (χ3n) is 8.21. The van der Waals surface area contributed by atoms with Gasteiger partial charge >= 0.3 is 5.97 Å². The molecule has 6 rings (SSSR count). The third kappa shape index (κ3) is 7.25. The zero-order valence-corrected chi connectivity index (χ0v) is 28.3. The predicted octanol–water partition coefficient (Wildman–Crippen LogP) is 5.95. The normalized spacial score (nSPS) is 17.0. The Morgan fingerprint density at radius 2 is 1.72 bits per heavy atom. The molecule has 0 bridgehead atoms. The van der Waals surface area contributed by atoms with Gasteiger partial charge in [-0.15, -0.1) is 0 Å². The molecular weight excluding hydrogens is 653 g/mol. The molecule has 3 aromatic carbocycles. The zero-order valence-electron chi connectivity index (χ0n) is 25.8. The number of rotatable bonds is 10. The number of hydrogen-bond acceptors (Lipinski definition) is 8. The van der Waals surface area contributed by atoms with Gasteiger partial charge in [-0.3, -0.25) is 14.5 Å². The van der Waals surface area contributed by atoms with E-state index in [1.54, 1.807) is 40.8 Å². The Balaban J connectivity index is 1.29. The van der Waals surface area contributed by atoms with Gasteiger partial charge < -0.3 is 4.74 Å². The summed E-state index contributed by atoms with van der Waals surface area (Å²) < 4.78 is 36.3. The Kier molecular flexibility index (Phi) is 10.0. The van der Waals surface area contributed by atoms with E-state index >= 15 is 0 Å². The average Bonchev–Trinajstić information content (AvgIpc) is 3.64. The molecular formula is C35H34N4O5S3. The van der Waals surface area contributed by atoms with E-state index in [0.717, 1.165) is 11.3 Å². The van der Waals surface area contributed by atoms with Gasteiger partial charge in [-0.2, -0.15) is 9.40 Å². The van der Waals surface area contributed by atoms with Crippen LogP contribution < -0.4 is 0 Å². The van der Waals surface area contributed by atoms with Gasteiger partial charge in [-0.1, -0.05) is 84.6 Å². The van der Waals surface area contributed by atoms with E-state index in [1.807, 2.05) is 72.9 Å². The number of nitrogens with zero attached hydrogens (tertiary/aromatic N) is 4. The number of aromatic nitrogens is 2. The molecule has 0 spiro atoms. The van der Waals surface area contributed by atoms with Gasteiger partial charge in [0.2, 0.25) is 10.0 Å². The van der Waals surface area contributed by atoms with Crippen LogP contribution in [0, 0.1) is 5.92 Å². The lowest BCUT2D eigenvalue weighted by molar-refractivity contribution is -0.149. The van der Waals surface area contributed by atoms with E-state index in [0.29, 0.717) is 58.5 Å². The third-order valence-corrected chi connectivity index (χ3v) is 11.5. The molecule has 0 aliphatic carbocycles. The number of thioether (sulfide) groups is 1. The number of carbonyl (C=O) groups excluding carboxylic acids is 2. The summed E-state index contributed by atoms with van der Waals surface area (Å²) in [5.74, 6) is -0.748. The first-order valence-corrected chi connectivity index (χ1v) is 18.1. The molecule has 1 amide bonds. The van der Waals surface area contributed by atoms with Crippen LogP contribution in [-0.4, -0.2) is 69.8 Å². The molecule has 12 heteroatoms. The Labute approximate surface area is 284 Å². The van der Waals surface area contributed by atoms with Crippen LogP contribution in [0.5, 0.6) is 0 Å². The summed E-state index contributed by atoms with van der Waals surface area (Å²) in [5, 5.41) is 4.86. The van der Waals surface area contributed by atoms with E-state index in [4.69, 9.17) is 22.1 Å². The van der Waals surface area contributed by atoms with Gasteiger partial charge in [0.1, 0.15) is 10.0 Å². The van der Waals surface area contributed by atoms with Crippen molar-refractivity contribution in [3.8, 4) is 16.9 Å². The quantitative estimate of drug-likeness (QED) is 0.115. The second-order valence-electron chi connectivity index (χ2n) is 11.2. The minimum Gasteiger partial charge on any atom is -0.466 e. The first kappa shape index (κ1) is 32.8. The number of piperidine rings is 1. The monoisotopic (exact) mass is 686 g/mol. The molecule has 0 N–H and O–H groups in total. The topological polar surface area (TPSA) is 102 Å². The number of hydrogen-bond donors (Lipinski definition) is 0. The van der Waals surface area contributed by atoms with Crippen LogP contribution in [0.3, 0.4) is 0 Å². The number of ether oxygens (including phenoxy) is 1. The van der Waals surface area contributed by atoms with Crippen LogP contribution in [0.4, 0.5) is 0 Å². The highest BCUT2D eigenvalue weighted by Crippen LogP contribution is 2.36. The van der Waals surface area contributed by atoms with Crippen molar-refractivity contribution in [1.82, 2.24) is 19.0 Å². The lowest BCUT2D eigenvalue weighted by Gasteiger charge is -2.30. The van der Waals surface area contributed by atoms with Crippen molar-refractivity contribution in [3.05, 3.63) is 107 Å². The van der Waals surface area contributed by atoms with E-state index in [1.165, 1.54) is 16.1 Å². The van der Waals surface area contributed by atoms with E-state index in [-0.39, 0.29) is 35.8 Å². The molecule has 3 heterocycles. The van der Waals surface area contributed by atoms with Crippen LogP contribution in [0.1, 0.15) is 30.9 Å². The first-order valence-electron chi connectivity index (χ1n) is 15.5. The SMILES string of the molecule is CCOC(=O)C1CCN(S(=O)(=O)c2cccc(-c3nn(-c4ccccc4)cc3C=C3SC(=S)N(CCc4ccccc4)C3=O)c2)CC1. The molecule has 2 fully saturated rings. The van der Waals surface area contributed by atoms with Crippen molar-refractivity contribution < 1.29 is 22.7 Å². The van der Waals surface area contributed by atoms with Gasteiger partial charge in [-0.25, -0.2) is 13.1 Å². The lowest BCUT2D eigenvalue weighted by Crippen LogP contribution is -2.40. The fourth-order valence-electron chi connectivity index (χ4n) is 5.69. The molecule has 2 aliphatic rings. The summed E-state index contributed by atoms with van der Waals surface area (Å²) in [4.78, 5) is 28.0. The van der Waals surface area contributed by atoms with E-state index in [2.05, 4.69) is 0 Å².